The summed E-state index contributed by atoms with van der Waals surface area (Å²) in [6.45, 7) is 11.5. The first kappa shape index (κ1) is 16.1. The van der Waals surface area contributed by atoms with Crippen LogP contribution in [-0.2, 0) is 5.41 Å². The van der Waals surface area contributed by atoms with E-state index in [2.05, 4.69) is 65.6 Å². The number of nitrogens with one attached hydrogen (secondary N) is 1. The lowest BCUT2D eigenvalue weighted by molar-refractivity contribution is 0.564. The lowest BCUT2D eigenvalue weighted by Gasteiger charge is -2.22. The molecule has 2 aromatic rings. The predicted octanol–water partition coefficient (Wildman–Crippen LogP) is 4.18. The van der Waals surface area contributed by atoms with Crippen LogP contribution < -0.4 is 5.32 Å². The molecule has 0 bridgehead atoms. The van der Waals surface area contributed by atoms with Gasteiger partial charge in [0.25, 0.3) is 0 Å². The van der Waals surface area contributed by atoms with Crippen molar-refractivity contribution in [2.45, 2.75) is 40.0 Å². The minimum Gasteiger partial charge on any atom is -0.369 e. The molecule has 0 saturated heterocycles. The van der Waals surface area contributed by atoms with Crippen LogP contribution in [0.1, 0.15) is 39.0 Å². The molecular weight excluding hydrogens is 375 g/mol. The van der Waals surface area contributed by atoms with Gasteiger partial charge in [-0.2, -0.15) is 0 Å². The van der Waals surface area contributed by atoms with E-state index < -0.39 is 0 Å². The summed E-state index contributed by atoms with van der Waals surface area (Å²) < 4.78 is 1.08. The van der Waals surface area contributed by atoms with E-state index in [9.17, 15) is 0 Å². The molecule has 2 heterocycles. The number of hydrogen-bond acceptors (Lipinski definition) is 4. The van der Waals surface area contributed by atoms with Crippen LogP contribution in [0.4, 0.5) is 5.82 Å². The number of halogens is 1. The van der Waals surface area contributed by atoms with Gasteiger partial charge in [-0.25, -0.2) is 9.97 Å². The molecule has 4 nitrogen and oxygen atoms in total. The topological polar surface area (TPSA) is 50.7 Å². The van der Waals surface area contributed by atoms with Crippen LogP contribution in [-0.4, -0.2) is 21.5 Å². The van der Waals surface area contributed by atoms with E-state index in [-0.39, 0.29) is 5.41 Å². The Hall–Kier alpha value is -1.24. The first-order chi connectivity index (χ1) is 9.82. The molecule has 1 N–H and O–H groups in total. The lowest BCUT2D eigenvalue weighted by atomic mass is 9.92. The predicted molar refractivity (Wildman–Crippen MR) is 95.6 cm³/mol. The minimum atomic E-state index is -0.0395. The van der Waals surface area contributed by atoms with Crippen molar-refractivity contribution in [3.05, 3.63) is 33.2 Å². The molecule has 0 spiro atoms. The van der Waals surface area contributed by atoms with Crippen molar-refractivity contribution < 1.29 is 0 Å². The van der Waals surface area contributed by atoms with Gasteiger partial charge in [0.15, 0.2) is 5.82 Å². The molecule has 0 radical (unpaired) electrons. The molecule has 112 valence electrons. The van der Waals surface area contributed by atoms with Crippen LogP contribution in [0.3, 0.4) is 0 Å². The Morgan fingerprint density at radius 3 is 2.52 bits per heavy atom. The highest BCUT2D eigenvalue weighted by Gasteiger charge is 2.23. The third kappa shape index (κ3) is 3.70. The molecule has 2 rings (SSSR count). The van der Waals surface area contributed by atoms with Crippen LogP contribution in [0.25, 0.3) is 11.5 Å². The maximum atomic E-state index is 4.78. The monoisotopic (exact) mass is 396 g/mol. The summed E-state index contributed by atoms with van der Waals surface area (Å²) in [5.41, 5.74) is 2.98. The highest BCUT2D eigenvalue weighted by molar-refractivity contribution is 14.1. The van der Waals surface area contributed by atoms with Crippen LogP contribution in [0.2, 0.25) is 0 Å². The molecular formula is C16H21IN4. The second-order valence-electron chi connectivity index (χ2n) is 6.06. The van der Waals surface area contributed by atoms with Crippen molar-refractivity contribution in [3.63, 3.8) is 0 Å². The number of nitrogens with zero attached hydrogens (tertiary/aromatic N) is 3. The Balaban J connectivity index is 2.64. The van der Waals surface area contributed by atoms with Gasteiger partial charge in [0.05, 0.1) is 9.26 Å². The fourth-order valence-corrected chi connectivity index (χ4v) is 3.24. The number of aryl methyl sites for hydroxylation is 1. The van der Waals surface area contributed by atoms with Crippen molar-refractivity contribution in [1.82, 2.24) is 15.0 Å². The number of hydrogen-bond donors (Lipinski definition) is 1. The maximum absolute atomic E-state index is 4.78. The normalized spacial score (nSPS) is 11.5. The summed E-state index contributed by atoms with van der Waals surface area (Å²) in [6, 6.07) is 4.00. The SMILES string of the molecule is CCNc1nc(-c2cc(C)ccn2)nc(C(C)(C)C)c1I. The third-order valence-electron chi connectivity index (χ3n) is 3.05. The van der Waals surface area contributed by atoms with E-state index in [0.717, 1.165) is 32.9 Å². The second kappa shape index (κ2) is 6.25. The molecule has 0 aromatic carbocycles. The highest BCUT2D eigenvalue weighted by atomic mass is 127. The van der Waals surface area contributed by atoms with E-state index in [1.54, 1.807) is 6.20 Å². The first-order valence-corrected chi connectivity index (χ1v) is 8.15. The Bertz CT molecular complexity index is 647. The van der Waals surface area contributed by atoms with Crippen LogP contribution >= 0.6 is 22.6 Å². The van der Waals surface area contributed by atoms with Crippen molar-refractivity contribution in [3.8, 4) is 11.5 Å². The Labute approximate surface area is 140 Å². The largest absolute Gasteiger partial charge is 0.369 e. The van der Waals surface area contributed by atoms with Gasteiger partial charge in [-0.1, -0.05) is 20.8 Å². The van der Waals surface area contributed by atoms with Crippen molar-refractivity contribution in [1.29, 1.82) is 0 Å². The van der Waals surface area contributed by atoms with E-state index in [0.29, 0.717) is 5.82 Å². The van der Waals surface area contributed by atoms with Gasteiger partial charge in [0.2, 0.25) is 0 Å². The molecule has 0 aliphatic heterocycles. The summed E-state index contributed by atoms with van der Waals surface area (Å²) in [5, 5.41) is 3.33. The number of anilines is 1. The summed E-state index contributed by atoms with van der Waals surface area (Å²) in [7, 11) is 0. The molecule has 0 amide bonds. The number of aromatic nitrogens is 3. The molecule has 0 aliphatic carbocycles. The summed E-state index contributed by atoms with van der Waals surface area (Å²) in [4.78, 5) is 13.8. The zero-order chi connectivity index (χ0) is 15.6. The van der Waals surface area contributed by atoms with Crippen LogP contribution in [0.5, 0.6) is 0 Å². The molecule has 0 atom stereocenters. The summed E-state index contributed by atoms with van der Waals surface area (Å²) in [6.07, 6.45) is 1.80. The van der Waals surface area contributed by atoms with Crippen molar-refractivity contribution >= 4 is 28.4 Å². The average molecular weight is 396 g/mol. The van der Waals surface area contributed by atoms with Gasteiger partial charge in [0, 0.05) is 18.2 Å². The van der Waals surface area contributed by atoms with Gasteiger partial charge in [-0.15, -0.1) is 0 Å². The summed E-state index contributed by atoms with van der Waals surface area (Å²) >= 11 is 2.32. The lowest BCUT2D eigenvalue weighted by Crippen LogP contribution is -2.19. The van der Waals surface area contributed by atoms with Gasteiger partial charge in [-0.3, -0.25) is 4.98 Å². The van der Waals surface area contributed by atoms with E-state index in [1.165, 1.54) is 0 Å². The highest BCUT2D eigenvalue weighted by Crippen LogP contribution is 2.31. The Morgan fingerprint density at radius 1 is 1.24 bits per heavy atom. The first-order valence-electron chi connectivity index (χ1n) is 7.08. The van der Waals surface area contributed by atoms with Gasteiger partial charge >= 0.3 is 0 Å². The molecule has 21 heavy (non-hydrogen) atoms. The molecule has 0 aliphatic rings. The molecule has 0 unspecified atom stereocenters. The van der Waals surface area contributed by atoms with Gasteiger partial charge in [-0.05, 0) is 54.1 Å². The van der Waals surface area contributed by atoms with Gasteiger partial charge in [0.1, 0.15) is 11.5 Å². The Kier molecular flexibility index (Phi) is 4.81. The summed E-state index contributed by atoms with van der Waals surface area (Å²) in [5.74, 6) is 1.57. The quantitative estimate of drug-likeness (QED) is 0.791. The van der Waals surface area contributed by atoms with Crippen molar-refractivity contribution in [2.24, 2.45) is 0 Å². The standard InChI is InChI=1S/C16H21IN4/c1-6-18-15-12(17)13(16(3,4)5)20-14(21-15)11-9-10(2)7-8-19-11/h7-9H,6H2,1-5H3,(H,18,20,21). The van der Waals surface area contributed by atoms with E-state index in [1.807, 2.05) is 19.1 Å². The maximum Gasteiger partial charge on any atom is 0.180 e. The average Bonchev–Trinajstić information content (AvgIpc) is 2.40. The minimum absolute atomic E-state index is 0.0395. The van der Waals surface area contributed by atoms with Crippen LogP contribution in [0, 0.1) is 10.5 Å². The molecule has 0 fully saturated rings. The molecule has 5 heteroatoms. The Morgan fingerprint density at radius 2 is 1.95 bits per heavy atom. The smallest absolute Gasteiger partial charge is 0.180 e. The zero-order valence-corrected chi connectivity index (χ0v) is 15.3. The third-order valence-corrected chi connectivity index (χ3v) is 4.07. The zero-order valence-electron chi connectivity index (χ0n) is 13.2. The number of rotatable bonds is 3. The molecule has 0 saturated carbocycles. The fraction of sp³-hybridized carbons (Fsp3) is 0.438. The van der Waals surface area contributed by atoms with E-state index >= 15 is 0 Å². The van der Waals surface area contributed by atoms with Crippen molar-refractivity contribution in [2.75, 3.05) is 11.9 Å². The fourth-order valence-electron chi connectivity index (χ4n) is 2.00. The number of pyridine rings is 1. The van der Waals surface area contributed by atoms with Crippen LogP contribution in [0.15, 0.2) is 18.3 Å². The van der Waals surface area contributed by atoms with E-state index in [4.69, 9.17) is 4.98 Å². The van der Waals surface area contributed by atoms with Gasteiger partial charge < -0.3 is 5.32 Å². The molecule has 2 aromatic heterocycles. The second-order valence-corrected chi connectivity index (χ2v) is 7.14.